The molecule has 0 radical (unpaired) electrons. The van der Waals surface area contributed by atoms with E-state index < -0.39 is 11.5 Å². The van der Waals surface area contributed by atoms with E-state index in [-0.39, 0.29) is 23.9 Å². The van der Waals surface area contributed by atoms with Crippen molar-refractivity contribution in [3.05, 3.63) is 70.3 Å². The molecule has 3 amide bonds. The predicted octanol–water partition coefficient (Wildman–Crippen LogP) is 6.40. The van der Waals surface area contributed by atoms with Gasteiger partial charge in [0.15, 0.2) is 0 Å². The maximum atomic E-state index is 12.1. The van der Waals surface area contributed by atoms with E-state index in [1.54, 1.807) is 37.3 Å². The SMILES string of the molecule is C=Cc1[nH]c(C(N)=O)cc1/C=C(\C)Cl.CCC(=O)N1CCC(NC(=O)OC(C)(C)C)CC1.Cc1ccc(F)cc1. The highest BCUT2D eigenvalue weighted by molar-refractivity contribution is 6.31. The second kappa shape index (κ2) is 16.5. The summed E-state index contributed by atoms with van der Waals surface area (Å²) in [7, 11) is 0. The van der Waals surface area contributed by atoms with Crippen molar-refractivity contribution in [3.63, 3.8) is 0 Å². The zero-order chi connectivity index (χ0) is 30.5. The van der Waals surface area contributed by atoms with Crippen LogP contribution < -0.4 is 11.1 Å². The Morgan fingerprint density at radius 2 is 1.80 bits per heavy atom. The Balaban J connectivity index is 0.000000321. The first-order valence-electron chi connectivity index (χ1n) is 13.1. The summed E-state index contributed by atoms with van der Waals surface area (Å²) in [6.07, 6.45) is 5.11. The van der Waals surface area contributed by atoms with Gasteiger partial charge in [-0.05, 0) is 77.8 Å². The number of piperidine rings is 1. The topological polar surface area (TPSA) is 118 Å². The van der Waals surface area contributed by atoms with Gasteiger partial charge < -0.3 is 25.7 Å². The minimum Gasteiger partial charge on any atom is -0.444 e. The van der Waals surface area contributed by atoms with Crippen molar-refractivity contribution >= 4 is 41.7 Å². The summed E-state index contributed by atoms with van der Waals surface area (Å²) in [5.74, 6) is -0.485. The number of benzene rings is 1. The molecule has 10 heteroatoms. The number of alkyl carbamates (subject to hydrolysis) is 1. The highest BCUT2D eigenvalue weighted by Crippen LogP contribution is 2.17. The zero-order valence-electron chi connectivity index (χ0n) is 24.3. The van der Waals surface area contributed by atoms with Crippen LogP contribution in [0.2, 0.25) is 0 Å². The number of halogens is 2. The van der Waals surface area contributed by atoms with Gasteiger partial charge in [-0.1, -0.05) is 42.8 Å². The van der Waals surface area contributed by atoms with Crippen LogP contribution in [0.25, 0.3) is 12.2 Å². The standard InChI is InChI=1S/C13H24N2O3.C10H11ClN2O.C7H7F/c1-5-11(16)15-8-6-10(7-9-15)14-12(17)18-13(2,3)4;1-3-8-7(4-6(2)11)5-9(13-8)10(12)14;1-6-2-4-7(8)5-3-6/h10H,5-9H2,1-4H3,(H,14,17);3-5,13H,1H2,2H3,(H2,12,14);2-5H,1H3/b;6-4+;. The number of aromatic nitrogens is 1. The van der Waals surface area contributed by atoms with Crippen molar-refractivity contribution in [1.29, 1.82) is 0 Å². The van der Waals surface area contributed by atoms with Crippen molar-refractivity contribution in [1.82, 2.24) is 15.2 Å². The van der Waals surface area contributed by atoms with E-state index in [9.17, 15) is 18.8 Å². The lowest BCUT2D eigenvalue weighted by Crippen LogP contribution is -2.47. The van der Waals surface area contributed by atoms with Gasteiger partial charge in [0.25, 0.3) is 5.91 Å². The monoisotopic (exact) mass is 576 g/mol. The number of H-pyrrole nitrogens is 1. The average Bonchev–Trinajstić information content (AvgIpc) is 3.28. The van der Waals surface area contributed by atoms with Crippen LogP contribution in [-0.4, -0.2) is 52.5 Å². The summed E-state index contributed by atoms with van der Waals surface area (Å²) in [4.78, 5) is 38.6. The number of allylic oxidation sites excluding steroid dienone is 1. The molecule has 220 valence electrons. The van der Waals surface area contributed by atoms with E-state index in [1.807, 2.05) is 39.5 Å². The molecule has 0 aliphatic carbocycles. The van der Waals surface area contributed by atoms with Gasteiger partial charge in [-0.15, -0.1) is 0 Å². The number of ether oxygens (including phenoxy) is 1. The molecule has 3 rings (SSSR count). The summed E-state index contributed by atoms with van der Waals surface area (Å²) in [6.45, 7) is 16.1. The summed E-state index contributed by atoms with van der Waals surface area (Å²) in [5.41, 5.74) is 7.64. The number of rotatable bonds is 5. The number of nitrogens with one attached hydrogen (secondary N) is 2. The van der Waals surface area contributed by atoms with Crippen LogP contribution in [0.1, 0.15) is 81.2 Å². The molecule has 1 aliphatic rings. The fourth-order valence-corrected chi connectivity index (χ4v) is 3.74. The van der Waals surface area contributed by atoms with Crippen LogP contribution in [0.5, 0.6) is 0 Å². The molecule has 8 nitrogen and oxygen atoms in total. The van der Waals surface area contributed by atoms with E-state index in [0.29, 0.717) is 30.2 Å². The van der Waals surface area contributed by atoms with Crippen LogP contribution in [-0.2, 0) is 9.53 Å². The van der Waals surface area contributed by atoms with Gasteiger partial charge >= 0.3 is 6.09 Å². The molecule has 2 heterocycles. The van der Waals surface area contributed by atoms with Crippen LogP contribution >= 0.6 is 11.6 Å². The molecule has 0 spiro atoms. The Morgan fingerprint density at radius 3 is 2.23 bits per heavy atom. The second-order valence-electron chi connectivity index (χ2n) is 10.3. The number of nitrogens with two attached hydrogens (primary N) is 1. The lowest BCUT2D eigenvalue weighted by Gasteiger charge is -2.32. The number of aromatic amines is 1. The van der Waals surface area contributed by atoms with Gasteiger partial charge in [-0.25, -0.2) is 9.18 Å². The Bertz CT molecular complexity index is 1140. The van der Waals surface area contributed by atoms with Crippen LogP contribution in [0.15, 0.2) is 41.9 Å². The first-order valence-corrected chi connectivity index (χ1v) is 13.5. The zero-order valence-corrected chi connectivity index (χ0v) is 25.0. The van der Waals surface area contributed by atoms with Crippen molar-refractivity contribution in [2.75, 3.05) is 13.1 Å². The first kappa shape index (κ1) is 34.4. The predicted molar refractivity (Wildman–Crippen MR) is 159 cm³/mol. The Labute approximate surface area is 241 Å². The van der Waals surface area contributed by atoms with Gasteiger partial charge in [0.2, 0.25) is 5.91 Å². The lowest BCUT2D eigenvalue weighted by molar-refractivity contribution is -0.131. The molecule has 0 bridgehead atoms. The van der Waals surface area contributed by atoms with Crippen molar-refractivity contribution < 1.29 is 23.5 Å². The van der Waals surface area contributed by atoms with E-state index in [4.69, 9.17) is 22.1 Å². The van der Waals surface area contributed by atoms with Gasteiger partial charge in [0, 0.05) is 41.8 Å². The molecule has 4 N–H and O–H groups in total. The maximum absolute atomic E-state index is 12.1. The van der Waals surface area contributed by atoms with E-state index >= 15 is 0 Å². The van der Waals surface area contributed by atoms with E-state index in [0.717, 1.165) is 29.7 Å². The molecule has 0 atom stereocenters. The number of carbonyl (C=O) groups is 3. The minimum atomic E-state index is -0.500. The summed E-state index contributed by atoms with van der Waals surface area (Å²) < 4.78 is 17.3. The highest BCUT2D eigenvalue weighted by Gasteiger charge is 2.25. The van der Waals surface area contributed by atoms with Gasteiger partial charge in [-0.3, -0.25) is 9.59 Å². The van der Waals surface area contributed by atoms with Gasteiger partial charge in [-0.2, -0.15) is 0 Å². The number of nitrogens with zero attached hydrogens (tertiary/aromatic N) is 1. The summed E-state index contributed by atoms with van der Waals surface area (Å²) in [6, 6.07) is 8.15. The Hall–Kier alpha value is -3.59. The second-order valence-corrected chi connectivity index (χ2v) is 10.9. The molecule has 0 saturated carbocycles. The minimum absolute atomic E-state index is 0.112. The molecule has 1 aromatic carbocycles. The third kappa shape index (κ3) is 13.5. The normalized spacial score (nSPS) is 13.7. The number of hydrogen-bond acceptors (Lipinski definition) is 4. The maximum Gasteiger partial charge on any atom is 0.407 e. The molecule has 1 aliphatic heterocycles. The first-order chi connectivity index (χ1) is 18.6. The number of amides is 3. The number of hydrogen-bond donors (Lipinski definition) is 3. The van der Waals surface area contributed by atoms with Crippen LogP contribution in [0, 0.1) is 12.7 Å². The fraction of sp³-hybridized carbons (Fsp3) is 0.433. The number of primary amides is 1. The number of carbonyl (C=O) groups excluding carboxylic acids is 3. The van der Waals surface area contributed by atoms with Gasteiger partial charge in [0.1, 0.15) is 17.1 Å². The highest BCUT2D eigenvalue weighted by atomic mass is 35.5. The van der Waals surface area contributed by atoms with Crippen LogP contribution in [0.3, 0.4) is 0 Å². The van der Waals surface area contributed by atoms with Crippen LogP contribution in [0.4, 0.5) is 9.18 Å². The molecule has 1 saturated heterocycles. The largest absolute Gasteiger partial charge is 0.444 e. The summed E-state index contributed by atoms with van der Waals surface area (Å²) in [5, 5.41) is 3.48. The Morgan fingerprint density at radius 1 is 1.23 bits per heavy atom. The number of likely N-dealkylation sites (tertiary alicyclic amines) is 1. The molecule has 0 unspecified atom stereocenters. The Kier molecular flexibility index (Phi) is 14.2. The molecule has 1 aromatic heterocycles. The quantitative estimate of drug-likeness (QED) is 0.381. The smallest absolute Gasteiger partial charge is 0.407 e. The molecule has 1 fully saturated rings. The third-order valence-corrected chi connectivity index (χ3v) is 5.70. The van der Waals surface area contributed by atoms with Crippen molar-refractivity contribution in [2.45, 2.75) is 72.4 Å². The molecular formula is C30H42ClFN4O4. The van der Waals surface area contributed by atoms with Crippen molar-refractivity contribution in [3.8, 4) is 0 Å². The lowest BCUT2D eigenvalue weighted by atomic mass is 10.1. The van der Waals surface area contributed by atoms with E-state index in [2.05, 4.69) is 16.9 Å². The number of aryl methyl sites for hydroxylation is 1. The van der Waals surface area contributed by atoms with E-state index in [1.165, 1.54) is 12.1 Å². The summed E-state index contributed by atoms with van der Waals surface area (Å²) >= 11 is 5.73. The van der Waals surface area contributed by atoms with Gasteiger partial charge in [0.05, 0.1) is 0 Å². The average molecular weight is 577 g/mol. The molecule has 40 heavy (non-hydrogen) atoms. The molecule has 2 aromatic rings. The third-order valence-electron chi connectivity index (χ3n) is 5.59. The fourth-order valence-electron chi connectivity index (χ4n) is 3.63. The van der Waals surface area contributed by atoms with Crippen molar-refractivity contribution in [2.24, 2.45) is 5.73 Å². The molecular weight excluding hydrogens is 535 g/mol.